The maximum Gasteiger partial charge on any atom is 0.264 e. The van der Waals surface area contributed by atoms with Gasteiger partial charge in [0.15, 0.2) is 0 Å². The maximum absolute atomic E-state index is 11.8. The zero-order valence-electron chi connectivity index (χ0n) is 11.7. The number of hydrogen-bond acceptors (Lipinski definition) is 4. The number of hydrogen-bond donors (Lipinski definition) is 1. The van der Waals surface area contributed by atoms with Crippen molar-refractivity contribution in [3.8, 4) is 0 Å². The molecular formula is C15H20N2O2S. The van der Waals surface area contributed by atoms with Gasteiger partial charge >= 0.3 is 0 Å². The van der Waals surface area contributed by atoms with E-state index in [1.165, 1.54) is 5.56 Å². The highest BCUT2D eigenvalue weighted by atomic mass is 32.2. The van der Waals surface area contributed by atoms with Crippen molar-refractivity contribution in [3.63, 3.8) is 0 Å². The Bertz CT molecular complexity index is 462. The van der Waals surface area contributed by atoms with E-state index in [1.807, 2.05) is 24.5 Å². The fourth-order valence-corrected chi connectivity index (χ4v) is 2.34. The van der Waals surface area contributed by atoms with Gasteiger partial charge in [-0.2, -0.15) is 11.8 Å². The number of oxime groups is 1. The van der Waals surface area contributed by atoms with Crippen LogP contribution in [0.15, 0.2) is 35.5 Å². The Labute approximate surface area is 124 Å². The summed E-state index contributed by atoms with van der Waals surface area (Å²) in [6.07, 6.45) is 3.96. The summed E-state index contributed by atoms with van der Waals surface area (Å²) in [5, 5.41) is 6.89. The predicted molar refractivity (Wildman–Crippen MR) is 83.1 cm³/mol. The first kappa shape index (κ1) is 14.9. The number of aryl methyl sites for hydroxylation is 1. The van der Waals surface area contributed by atoms with Crippen molar-refractivity contribution in [1.82, 2.24) is 5.32 Å². The van der Waals surface area contributed by atoms with E-state index >= 15 is 0 Å². The largest absolute Gasteiger partial charge is 0.382 e. The molecule has 0 radical (unpaired) electrons. The molecule has 0 aromatic heterocycles. The zero-order chi connectivity index (χ0) is 14.2. The van der Waals surface area contributed by atoms with Gasteiger partial charge in [0.2, 0.25) is 6.10 Å². The molecule has 0 saturated heterocycles. The summed E-state index contributed by atoms with van der Waals surface area (Å²) < 4.78 is 0. The SMILES string of the molecule is CSCCNC(=O)C1CC(CCc2ccccc2)=NO1. The molecule has 1 aliphatic rings. The van der Waals surface area contributed by atoms with Gasteiger partial charge in [-0.05, 0) is 24.7 Å². The first-order chi connectivity index (χ1) is 9.79. The normalized spacial score (nSPS) is 17.4. The molecule has 0 spiro atoms. The first-order valence-corrected chi connectivity index (χ1v) is 8.21. The van der Waals surface area contributed by atoms with Crippen LogP contribution in [0.5, 0.6) is 0 Å². The zero-order valence-corrected chi connectivity index (χ0v) is 12.5. The van der Waals surface area contributed by atoms with Gasteiger partial charge in [0.1, 0.15) is 0 Å². The van der Waals surface area contributed by atoms with Crippen LogP contribution in [0, 0.1) is 0 Å². The minimum Gasteiger partial charge on any atom is -0.382 e. The Morgan fingerprint density at radius 3 is 2.95 bits per heavy atom. The van der Waals surface area contributed by atoms with Gasteiger partial charge in [0.05, 0.1) is 5.71 Å². The molecule has 1 aliphatic heterocycles. The second kappa shape index (κ2) is 7.94. The third-order valence-corrected chi connectivity index (χ3v) is 3.79. The molecule has 2 rings (SSSR count). The van der Waals surface area contributed by atoms with Crippen molar-refractivity contribution in [2.24, 2.45) is 5.16 Å². The van der Waals surface area contributed by atoms with Crippen LogP contribution in [-0.4, -0.2) is 36.3 Å². The fraction of sp³-hybridized carbons (Fsp3) is 0.467. The first-order valence-electron chi connectivity index (χ1n) is 6.81. The number of carbonyl (C=O) groups is 1. The smallest absolute Gasteiger partial charge is 0.264 e. The summed E-state index contributed by atoms with van der Waals surface area (Å²) in [4.78, 5) is 17.0. The van der Waals surface area contributed by atoms with E-state index < -0.39 is 6.10 Å². The van der Waals surface area contributed by atoms with E-state index in [-0.39, 0.29) is 5.91 Å². The summed E-state index contributed by atoms with van der Waals surface area (Å²) in [5.41, 5.74) is 2.25. The van der Waals surface area contributed by atoms with Crippen LogP contribution < -0.4 is 5.32 Å². The number of thioether (sulfide) groups is 1. The maximum atomic E-state index is 11.8. The Morgan fingerprint density at radius 1 is 1.40 bits per heavy atom. The highest BCUT2D eigenvalue weighted by Gasteiger charge is 2.27. The molecule has 1 aromatic carbocycles. The van der Waals surface area contributed by atoms with E-state index in [1.54, 1.807) is 11.8 Å². The Hall–Kier alpha value is -1.49. The lowest BCUT2D eigenvalue weighted by Gasteiger charge is -2.08. The van der Waals surface area contributed by atoms with Crippen LogP contribution in [0.1, 0.15) is 18.4 Å². The average Bonchev–Trinajstić information content (AvgIpc) is 2.95. The van der Waals surface area contributed by atoms with Gasteiger partial charge in [-0.3, -0.25) is 4.79 Å². The lowest BCUT2D eigenvalue weighted by molar-refractivity contribution is -0.131. The summed E-state index contributed by atoms with van der Waals surface area (Å²) in [5.74, 6) is 0.859. The van der Waals surface area contributed by atoms with Gasteiger partial charge in [-0.15, -0.1) is 0 Å². The van der Waals surface area contributed by atoms with Gasteiger partial charge in [0, 0.05) is 18.7 Å². The molecule has 0 bridgehead atoms. The summed E-state index contributed by atoms with van der Waals surface area (Å²) in [7, 11) is 0. The second-order valence-corrected chi connectivity index (χ2v) is 5.71. The Morgan fingerprint density at radius 2 is 2.20 bits per heavy atom. The lowest BCUT2D eigenvalue weighted by Crippen LogP contribution is -2.36. The summed E-state index contributed by atoms with van der Waals surface area (Å²) in [6, 6.07) is 10.3. The summed E-state index contributed by atoms with van der Waals surface area (Å²) >= 11 is 1.71. The highest BCUT2D eigenvalue weighted by Crippen LogP contribution is 2.15. The molecular weight excluding hydrogens is 272 g/mol. The number of benzene rings is 1. The van der Waals surface area contributed by atoms with Crippen molar-refractivity contribution in [1.29, 1.82) is 0 Å². The van der Waals surface area contributed by atoms with Crippen LogP contribution in [0.2, 0.25) is 0 Å². The van der Waals surface area contributed by atoms with E-state index in [4.69, 9.17) is 4.84 Å². The van der Waals surface area contributed by atoms with Gasteiger partial charge in [0.25, 0.3) is 5.91 Å². The number of rotatable bonds is 7. The molecule has 0 aliphatic carbocycles. The molecule has 5 heteroatoms. The third-order valence-electron chi connectivity index (χ3n) is 3.17. The molecule has 1 unspecified atom stereocenters. The predicted octanol–water partition coefficient (Wildman–Crippen LogP) is 2.24. The van der Waals surface area contributed by atoms with Crippen molar-refractivity contribution >= 4 is 23.4 Å². The van der Waals surface area contributed by atoms with Crippen LogP contribution in [0.25, 0.3) is 0 Å². The van der Waals surface area contributed by atoms with E-state index in [0.717, 1.165) is 24.3 Å². The molecule has 1 N–H and O–H groups in total. The average molecular weight is 292 g/mol. The highest BCUT2D eigenvalue weighted by molar-refractivity contribution is 7.98. The van der Waals surface area contributed by atoms with Crippen molar-refractivity contribution in [2.75, 3.05) is 18.6 Å². The number of nitrogens with zero attached hydrogens (tertiary/aromatic N) is 1. The van der Waals surface area contributed by atoms with Gasteiger partial charge < -0.3 is 10.2 Å². The Balaban J connectivity index is 1.70. The van der Waals surface area contributed by atoms with Crippen LogP contribution >= 0.6 is 11.8 Å². The Kier molecular flexibility index (Phi) is 5.92. The van der Waals surface area contributed by atoms with E-state index in [9.17, 15) is 4.79 Å². The minimum atomic E-state index is -0.442. The number of carbonyl (C=O) groups excluding carboxylic acids is 1. The van der Waals surface area contributed by atoms with Crippen molar-refractivity contribution < 1.29 is 9.63 Å². The van der Waals surface area contributed by atoms with Crippen LogP contribution in [0.3, 0.4) is 0 Å². The standard InChI is InChI=1S/C15H20N2O2S/c1-20-10-9-16-15(18)14-11-13(17-19-14)8-7-12-5-3-2-4-6-12/h2-6,14H,7-11H2,1H3,(H,16,18). The minimum absolute atomic E-state index is 0.0579. The summed E-state index contributed by atoms with van der Waals surface area (Å²) in [6.45, 7) is 0.680. The fourth-order valence-electron chi connectivity index (χ4n) is 2.04. The number of nitrogens with one attached hydrogen (secondary N) is 1. The molecule has 0 saturated carbocycles. The van der Waals surface area contributed by atoms with E-state index in [2.05, 4.69) is 22.6 Å². The van der Waals surface area contributed by atoms with Gasteiger partial charge in [-0.1, -0.05) is 35.5 Å². The molecule has 108 valence electrons. The lowest BCUT2D eigenvalue weighted by atomic mass is 10.0. The molecule has 1 heterocycles. The monoisotopic (exact) mass is 292 g/mol. The molecule has 1 atom stereocenters. The molecule has 1 amide bonds. The topological polar surface area (TPSA) is 50.7 Å². The second-order valence-electron chi connectivity index (χ2n) is 4.73. The molecule has 0 fully saturated rings. The van der Waals surface area contributed by atoms with Gasteiger partial charge in [-0.25, -0.2) is 0 Å². The molecule has 20 heavy (non-hydrogen) atoms. The third kappa shape index (κ3) is 4.56. The van der Waals surface area contributed by atoms with Crippen molar-refractivity contribution in [2.45, 2.75) is 25.4 Å². The number of amides is 1. The van der Waals surface area contributed by atoms with E-state index in [0.29, 0.717) is 13.0 Å². The molecule has 4 nitrogen and oxygen atoms in total. The quantitative estimate of drug-likeness (QED) is 0.784. The van der Waals surface area contributed by atoms with Crippen LogP contribution in [-0.2, 0) is 16.1 Å². The van der Waals surface area contributed by atoms with Crippen LogP contribution in [0.4, 0.5) is 0 Å². The van der Waals surface area contributed by atoms with Crippen molar-refractivity contribution in [3.05, 3.63) is 35.9 Å². The molecule has 1 aromatic rings.